The van der Waals surface area contributed by atoms with Crippen LogP contribution in [-0.4, -0.2) is 23.7 Å². The van der Waals surface area contributed by atoms with Crippen molar-refractivity contribution in [1.29, 1.82) is 0 Å². The molecule has 18 heavy (non-hydrogen) atoms. The zero-order chi connectivity index (χ0) is 13.7. The standard InChI is InChI=1S/C11H10BrFN2O3/c1-6(12)5-14-11(18)15-8-4-2-3-7(13)9(8)10(16)17/h2-4H,1,5H2,(H,16,17)(H2,14,15,18). The van der Waals surface area contributed by atoms with Crippen LogP contribution in [0.1, 0.15) is 10.4 Å². The van der Waals surface area contributed by atoms with Crippen molar-refractivity contribution >= 4 is 33.6 Å². The largest absolute Gasteiger partial charge is 0.478 e. The second kappa shape index (κ2) is 6.15. The smallest absolute Gasteiger partial charge is 0.340 e. The quantitative estimate of drug-likeness (QED) is 0.798. The van der Waals surface area contributed by atoms with E-state index in [-0.39, 0.29) is 12.2 Å². The Morgan fingerprint density at radius 3 is 2.67 bits per heavy atom. The zero-order valence-corrected chi connectivity index (χ0v) is 10.8. The average Bonchev–Trinajstić information content (AvgIpc) is 2.26. The fourth-order valence-corrected chi connectivity index (χ4v) is 1.33. The van der Waals surface area contributed by atoms with Gasteiger partial charge in [0.05, 0.1) is 12.2 Å². The number of carboxylic acids is 1. The Balaban J connectivity index is 2.84. The summed E-state index contributed by atoms with van der Waals surface area (Å²) in [4.78, 5) is 22.3. The molecule has 0 saturated carbocycles. The molecule has 0 saturated heterocycles. The molecule has 7 heteroatoms. The van der Waals surface area contributed by atoms with Gasteiger partial charge in [-0.25, -0.2) is 14.0 Å². The third kappa shape index (κ3) is 3.85. The molecule has 0 radical (unpaired) electrons. The molecule has 1 aromatic carbocycles. The lowest BCUT2D eigenvalue weighted by atomic mass is 10.1. The Hall–Kier alpha value is -1.89. The molecule has 0 aliphatic rings. The monoisotopic (exact) mass is 316 g/mol. The van der Waals surface area contributed by atoms with Gasteiger partial charge >= 0.3 is 12.0 Å². The summed E-state index contributed by atoms with van der Waals surface area (Å²) in [6.07, 6.45) is 0. The highest BCUT2D eigenvalue weighted by Crippen LogP contribution is 2.18. The van der Waals surface area contributed by atoms with Gasteiger partial charge in [0.25, 0.3) is 0 Å². The number of amides is 2. The number of rotatable bonds is 4. The highest BCUT2D eigenvalue weighted by molar-refractivity contribution is 9.11. The van der Waals surface area contributed by atoms with Gasteiger partial charge in [-0.1, -0.05) is 28.6 Å². The second-order valence-corrected chi connectivity index (χ2v) is 4.41. The molecule has 1 aromatic rings. The number of hydrogen-bond acceptors (Lipinski definition) is 2. The molecule has 0 fully saturated rings. The fourth-order valence-electron chi connectivity index (χ4n) is 1.19. The third-order valence-corrected chi connectivity index (χ3v) is 2.20. The van der Waals surface area contributed by atoms with E-state index >= 15 is 0 Å². The predicted molar refractivity (Wildman–Crippen MR) is 68.4 cm³/mol. The summed E-state index contributed by atoms with van der Waals surface area (Å²) in [6, 6.07) is 2.96. The molecule has 0 atom stereocenters. The molecule has 96 valence electrons. The molecule has 0 aliphatic carbocycles. The highest BCUT2D eigenvalue weighted by atomic mass is 79.9. The minimum absolute atomic E-state index is 0.111. The Kier molecular flexibility index (Phi) is 4.85. The van der Waals surface area contributed by atoms with Crippen LogP contribution in [-0.2, 0) is 0 Å². The maximum absolute atomic E-state index is 13.3. The van der Waals surface area contributed by atoms with E-state index in [9.17, 15) is 14.0 Å². The van der Waals surface area contributed by atoms with E-state index in [2.05, 4.69) is 33.1 Å². The van der Waals surface area contributed by atoms with E-state index in [4.69, 9.17) is 5.11 Å². The van der Waals surface area contributed by atoms with E-state index in [0.29, 0.717) is 4.48 Å². The van der Waals surface area contributed by atoms with Crippen molar-refractivity contribution in [3.8, 4) is 0 Å². The number of anilines is 1. The number of benzene rings is 1. The van der Waals surface area contributed by atoms with Crippen molar-refractivity contribution in [2.45, 2.75) is 0 Å². The average molecular weight is 317 g/mol. The Bertz CT molecular complexity index is 505. The Morgan fingerprint density at radius 2 is 2.11 bits per heavy atom. The van der Waals surface area contributed by atoms with Crippen LogP contribution in [0.2, 0.25) is 0 Å². The van der Waals surface area contributed by atoms with Crippen LogP contribution in [0.3, 0.4) is 0 Å². The molecular formula is C11H10BrFN2O3. The van der Waals surface area contributed by atoms with Crippen LogP contribution < -0.4 is 10.6 Å². The number of nitrogens with one attached hydrogen (secondary N) is 2. The summed E-state index contributed by atoms with van der Waals surface area (Å²) in [5.74, 6) is -2.36. The summed E-state index contributed by atoms with van der Waals surface area (Å²) < 4.78 is 13.8. The van der Waals surface area contributed by atoms with Gasteiger partial charge in [0.1, 0.15) is 11.4 Å². The lowest BCUT2D eigenvalue weighted by molar-refractivity contribution is 0.0693. The SMILES string of the molecule is C=C(Br)CNC(=O)Nc1cccc(F)c1C(=O)O. The van der Waals surface area contributed by atoms with Crippen molar-refractivity contribution in [2.75, 3.05) is 11.9 Å². The van der Waals surface area contributed by atoms with Crippen LogP contribution >= 0.6 is 15.9 Å². The second-order valence-electron chi connectivity index (χ2n) is 3.29. The maximum atomic E-state index is 13.3. The van der Waals surface area contributed by atoms with Gasteiger partial charge in [-0.3, -0.25) is 0 Å². The summed E-state index contributed by atoms with van der Waals surface area (Å²) in [6.45, 7) is 3.68. The first-order chi connectivity index (χ1) is 8.41. The summed E-state index contributed by atoms with van der Waals surface area (Å²) in [5, 5.41) is 13.5. The molecule has 0 bridgehead atoms. The van der Waals surface area contributed by atoms with E-state index in [1.807, 2.05) is 0 Å². The van der Waals surface area contributed by atoms with Gasteiger partial charge in [0.15, 0.2) is 0 Å². The van der Waals surface area contributed by atoms with E-state index in [1.54, 1.807) is 0 Å². The first kappa shape index (κ1) is 14.2. The van der Waals surface area contributed by atoms with Crippen molar-refractivity contribution in [3.63, 3.8) is 0 Å². The lowest BCUT2D eigenvalue weighted by Gasteiger charge is -2.09. The molecule has 0 aliphatic heterocycles. The molecule has 0 spiro atoms. The molecule has 1 rings (SSSR count). The minimum atomic E-state index is -1.45. The van der Waals surface area contributed by atoms with Gasteiger partial charge in [0, 0.05) is 4.48 Å². The molecule has 0 aromatic heterocycles. The van der Waals surface area contributed by atoms with E-state index in [1.165, 1.54) is 12.1 Å². The zero-order valence-electron chi connectivity index (χ0n) is 9.17. The first-order valence-electron chi connectivity index (χ1n) is 4.81. The summed E-state index contributed by atoms with van der Waals surface area (Å²) in [5.41, 5.74) is -0.689. The van der Waals surface area contributed by atoms with Crippen molar-refractivity contribution in [3.05, 3.63) is 40.6 Å². The van der Waals surface area contributed by atoms with Crippen LogP contribution in [0.5, 0.6) is 0 Å². The minimum Gasteiger partial charge on any atom is -0.478 e. The summed E-state index contributed by atoms with van der Waals surface area (Å²) >= 11 is 3.05. The third-order valence-electron chi connectivity index (χ3n) is 1.92. The molecule has 3 N–H and O–H groups in total. The Morgan fingerprint density at radius 1 is 1.44 bits per heavy atom. The van der Waals surface area contributed by atoms with Gasteiger partial charge < -0.3 is 15.7 Å². The van der Waals surface area contributed by atoms with Gasteiger partial charge in [0.2, 0.25) is 0 Å². The van der Waals surface area contributed by atoms with E-state index in [0.717, 1.165) is 6.07 Å². The van der Waals surface area contributed by atoms with Gasteiger partial charge in [-0.05, 0) is 12.1 Å². The predicted octanol–water partition coefficient (Wildman–Crippen LogP) is 2.55. The van der Waals surface area contributed by atoms with Gasteiger partial charge in [-0.2, -0.15) is 0 Å². The Labute approximate surface area is 111 Å². The fraction of sp³-hybridized carbons (Fsp3) is 0.0909. The number of hydrogen-bond donors (Lipinski definition) is 3. The highest BCUT2D eigenvalue weighted by Gasteiger charge is 2.16. The van der Waals surface area contributed by atoms with Crippen LogP contribution in [0.25, 0.3) is 0 Å². The number of carboxylic acid groups (broad SMARTS) is 1. The number of halogens is 2. The number of carbonyl (C=O) groups excluding carboxylic acids is 1. The molecular weight excluding hydrogens is 307 g/mol. The maximum Gasteiger partial charge on any atom is 0.340 e. The van der Waals surface area contributed by atoms with Crippen LogP contribution in [0.4, 0.5) is 14.9 Å². The van der Waals surface area contributed by atoms with Crippen LogP contribution in [0.15, 0.2) is 29.3 Å². The molecule has 2 amide bonds. The van der Waals surface area contributed by atoms with Gasteiger partial charge in [-0.15, -0.1) is 0 Å². The topological polar surface area (TPSA) is 78.4 Å². The number of urea groups is 1. The van der Waals surface area contributed by atoms with Crippen LogP contribution in [0, 0.1) is 5.82 Å². The lowest BCUT2D eigenvalue weighted by Crippen LogP contribution is -2.30. The number of carbonyl (C=O) groups is 2. The normalized spacial score (nSPS) is 9.67. The molecule has 0 unspecified atom stereocenters. The first-order valence-corrected chi connectivity index (χ1v) is 5.61. The van der Waals surface area contributed by atoms with Crippen molar-refractivity contribution in [2.24, 2.45) is 0 Å². The van der Waals surface area contributed by atoms with Crippen molar-refractivity contribution < 1.29 is 19.1 Å². The molecule has 5 nitrogen and oxygen atoms in total. The van der Waals surface area contributed by atoms with E-state index < -0.39 is 23.4 Å². The van der Waals surface area contributed by atoms with Crippen molar-refractivity contribution in [1.82, 2.24) is 5.32 Å². The summed E-state index contributed by atoms with van der Waals surface area (Å²) in [7, 11) is 0. The molecule has 0 heterocycles. The number of aromatic carboxylic acids is 1.